The monoisotopic (exact) mass is 1330 g/mol. The van der Waals surface area contributed by atoms with Gasteiger partial charge in [-0.05, 0) is 70.6 Å². The largest absolute Gasteiger partial charge is 0.394 e. The molecule has 2 heterocycles. The average molecular weight is 1330 g/mol. The van der Waals surface area contributed by atoms with Crippen molar-refractivity contribution in [3.8, 4) is 0 Å². The van der Waals surface area contributed by atoms with Crippen molar-refractivity contribution in [2.24, 2.45) is 0 Å². The van der Waals surface area contributed by atoms with E-state index in [2.05, 4.69) is 79.9 Å². The zero-order chi connectivity index (χ0) is 68.0. The van der Waals surface area contributed by atoms with E-state index < -0.39 is 86.8 Å². The van der Waals surface area contributed by atoms with Gasteiger partial charge in [0.1, 0.15) is 48.8 Å². The number of hydrogen-bond acceptors (Lipinski definition) is 13. The van der Waals surface area contributed by atoms with Gasteiger partial charge in [-0.15, -0.1) is 0 Å². The van der Waals surface area contributed by atoms with Gasteiger partial charge in [-0.25, -0.2) is 0 Å². The molecule has 12 atom stereocenters. The Hall–Kier alpha value is -2.57. The van der Waals surface area contributed by atoms with Gasteiger partial charge in [0.15, 0.2) is 12.6 Å². The van der Waals surface area contributed by atoms with Crippen LogP contribution in [0, 0.1) is 0 Å². The SMILES string of the molecule is CC/C=C\C/C=C\C/C=C\C/C=C\CCCCCCCCCCCCCCCCCCCCCCC(=O)NC(COC1OC(CO)C(OC2OC(CO)C(O)C(O)C2O)C(O)C1O)C(O)/C=C/CC/C=C/CCCCCCCCCCCCCCCCCCCCCCC. The predicted octanol–water partition coefficient (Wildman–Crippen LogP) is 17.4. The fraction of sp³-hybridized carbons (Fsp3) is 0.838. The molecule has 0 aliphatic carbocycles. The molecular weight excluding hydrogens is 1180 g/mol. The van der Waals surface area contributed by atoms with Crippen molar-refractivity contribution in [2.75, 3.05) is 19.8 Å². The molecule has 0 aromatic carbocycles. The molecule has 0 aromatic heterocycles. The number of rotatable bonds is 65. The molecule has 0 radical (unpaired) electrons. The maximum atomic E-state index is 13.4. The molecule has 12 unspecified atom stereocenters. The molecule has 2 aliphatic rings. The van der Waals surface area contributed by atoms with Crippen molar-refractivity contribution in [2.45, 2.75) is 408 Å². The van der Waals surface area contributed by atoms with Gasteiger partial charge >= 0.3 is 0 Å². The molecule has 2 saturated heterocycles. The van der Waals surface area contributed by atoms with E-state index in [1.54, 1.807) is 6.08 Å². The van der Waals surface area contributed by atoms with Crippen molar-refractivity contribution in [1.82, 2.24) is 5.32 Å². The minimum Gasteiger partial charge on any atom is -0.394 e. The number of nitrogens with one attached hydrogen (secondary N) is 1. The zero-order valence-corrected chi connectivity index (χ0v) is 60.0. The van der Waals surface area contributed by atoms with Crippen LogP contribution in [-0.4, -0.2) is 140 Å². The topological polar surface area (TPSA) is 228 Å². The number of unbranched alkanes of at least 4 members (excludes halogenated alkanes) is 42. The molecule has 2 rings (SSSR count). The molecule has 14 heteroatoms. The van der Waals surface area contributed by atoms with Crippen LogP contribution >= 0.6 is 0 Å². The van der Waals surface area contributed by atoms with Crippen LogP contribution < -0.4 is 5.32 Å². The highest BCUT2D eigenvalue weighted by atomic mass is 16.7. The van der Waals surface area contributed by atoms with E-state index in [1.807, 2.05) is 6.08 Å². The second-order valence-electron chi connectivity index (χ2n) is 27.4. The molecule has 0 aromatic rings. The van der Waals surface area contributed by atoms with E-state index in [0.717, 1.165) is 57.8 Å². The van der Waals surface area contributed by atoms with E-state index in [9.17, 15) is 45.6 Å². The molecule has 2 fully saturated rings. The van der Waals surface area contributed by atoms with Crippen molar-refractivity contribution in [3.63, 3.8) is 0 Å². The summed E-state index contributed by atoms with van der Waals surface area (Å²) in [5.74, 6) is -0.244. The molecule has 1 amide bonds. The first-order chi connectivity index (χ1) is 46.1. The van der Waals surface area contributed by atoms with Gasteiger partial charge in [0.05, 0.1) is 32.0 Å². The smallest absolute Gasteiger partial charge is 0.220 e. The number of carbonyl (C=O) groups excluding carboxylic acids is 1. The van der Waals surface area contributed by atoms with Crippen LogP contribution in [0.4, 0.5) is 0 Å². The van der Waals surface area contributed by atoms with Crippen molar-refractivity contribution in [3.05, 3.63) is 72.9 Å². The third-order valence-electron chi connectivity index (χ3n) is 18.9. The summed E-state index contributed by atoms with van der Waals surface area (Å²) in [7, 11) is 0. The number of carbonyl (C=O) groups is 1. The minimum atomic E-state index is -1.79. The van der Waals surface area contributed by atoms with Gasteiger partial charge in [0, 0.05) is 6.42 Å². The normalized spacial score (nSPS) is 22.8. The zero-order valence-electron chi connectivity index (χ0n) is 60.0. The van der Waals surface area contributed by atoms with Gasteiger partial charge in [-0.1, -0.05) is 331 Å². The van der Waals surface area contributed by atoms with Crippen LogP contribution in [0.1, 0.15) is 335 Å². The molecule has 0 saturated carbocycles. The molecule has 2 aliphatic heterocycles. The number of aliphatic hydroxyl groups is 8. The first kappa shape index (κ1) is 87.5. The van der Waals surface area contributed by atoms with Crippen LogP contribution in [0.2, 0.25) is 0 Å². The molecule has 0 bridgehead atoms. The summed E-state index contributed by atoms with van der Waals surface area (Å²) in [4.78, 5) is 13.4. The minimum absolute atomic E-state index is 0.244. The highest BCUT2D eigenvalue weighted by molar-refractivity contribution is 5.76. The summed E-state index contributed by atoms with van der Waals surface area (Å²) >= 11 is 0. The lowest BCUT2D eigenvalue weighted by molar-refractivity contribution is -0.359. The fourth-order valence-electron chi connectivity index (χ4n) is 12.7. The standard InChI is InChI=1S/C80H145NO13/c1-3-5-7-9-11-13-15-17-19-21-23-25-27-29-31-32-33-34-35-36-38-40-42-44-46-48-50-52-54-56-58-60-62-64-72(85)81-68(67-91-79-77(90)75(88)78(71(66-83)93-79)94-80-76(89)74(87)73(86)70(65-82)92-80)69(84)63-61-59-57-55-53-51-49-47-45-43-41-39-37-30-28-26-24-22-20-18-16-14-12-10-8-6-4-2/h5,7,11,13,17,19,23,25,53,55,61,63,68-71,73-80,82-84,86-90H,3-4,6,8-10,12,14-16,18,20-22,24,26-52,54,56-60,62,64-67H2,1-2H3,(H,81,85)/b7-5-,13-11-,19-17-,25-23-,55-53+,63-61+. The highest BCUT2D eigenvalue weighted by Gasteiger charge is 2.51. The fourth-order valence-corrected chi connectivity index (χ4v) is 12.7. The Morgan fingerprint density at radius 1 is 0.394 bits per heavy atom. The Morgan fingerprint density at radius 2 is 0.745 bits per heavy atom. The summed E-state index contributed by atoms with van der Waals surface area (Å²) in [6.07, 6.45) is 71.2. The Morgan fingerprint density at radius 3 is 1.17 bits per heavy atom. The lowest BCUT2D eigenvalue weighted by Crippen LogP contribution is -2.65. The summed E-state index contributed by atoms with van der Waals surface area (Å²) in [5.41, 5.74) is 0. The second-order valence-corrected chi connectivity index (χ2v) is 27.4. The van der Waals surface area contributed by atoms with E-state index in [1.165, 1.54) is 244 Å². The number of aliphatic hydroxyl groups excluding tert-OH is 8. The van der Waals surface area contributed by atoms with Crippen molar-refractivity contribution >= 4 is 5.91 Å². The third-order valence-corrected chi connectivity index (χ3v) is 18.9. The maximum absolute atomic E-state index is 13.4. The summed E-state index contributed by atoms with van der Waals surface area (Å²) in [6.45, 7) is 2.72. The Kier molecular flexibility index (Phi) is 59.4. The first-order valence-electron chi connectivity index (χ1n) is 39.2. The second kappa shape index (κ2) is 63.8. The maximum Gasteiger partial charge on any atom is 0.220 e. The number of allylic oxidation sites excluding steroid dienone is 11. The van der Waals surface area contributed by atoms with E-state index >= 15 is 0 Å². The summed E-state index contributed by atoms with van der Waals surface area (Å²) in [5, 5.41) is 87.6. The number of amides is 1. The van der Waals surface area contributed by atoms with Crippen LogP contribution in [0.15, 0.2) is 72.9 Å². The van der Waals surface area contributed by atoms with Gasteiger partial charge in [-0.2, -0.15) is 0 Å². The van der Waals surface area contributed by atoms with Gasteiger partial charge in [0.25, 0.3) is 0 Å². The van der Waals surface area contributed by atoms with E-state index in [-0.39, 0.29) is 18.9 Å². The van der Waals surface area contributed by atoms with Crippen LogP contribution in [0.5, 0.6) is 0 Å². The lowest BCUT2D eigenvalue weighted by Gasteiger charge is -2.46. The lowest BCUT2D eigenvalue weighted by atomic mass is 9.97. The highest BCUT2D eigenvalue weighted by Crippen LogP contribution is 2.30. The van der Waals surface area contributed by atoms with Crippen molar-refractivity contribution < 1.29 is 64.6 Å². The quantitative estimate of drug-likeness (QED) is 0.0204. The van der Waals surface area contributed by atoms with Gasteiger partial charge in [0.2, 0.25) is 5.91 Å². The average Bonchev–Trinajstić information content (AvgIpc) is 0.794. The van der Waals surface area contributed by atoms with E-state index in [0.29, 0.717) is 12.8 Å². The Bertz CT molecular complexity index is 1860. The number of ether oxygens (including phenoxy) is 4. The van der Waals surface area contributed by atoms with Gasteiger partial charge in [-0.3, -0.25) is 4.79 Å². The molecule has 548 valence electrons. The predicted molar refractivity (Wildman–Crippen MR) is 387 cm³/mol. The Balaban J connectivity index is 1.63. The Labute approximate surface area is 574 Å². The van der Waals surface area contributed by atoms with Crippen LogP contribution in [0.3, 0.4) is 0 Å². The number of hydrogen-bond donors (Lipinski definition) is 9. The first-order valence-corrected chi connectivity index (χ1v) is 39.2. The molecule has 0 spiro atoms. The van der Waals surface area contributed by atoms with Crippen molar-refractivity contribution in [1.29, 1.82) is 0 Å². The molecule has 14 nitrogen and oxygen atoms in total. The molecular formula is C80H145NO13. The van der Waals surface area contributed by atoms with Gasteiger partial charge < -0.3 is 65.1 Å². The molecule has 94 heavy (non-hydrogen) atoms. The summed E-state index contributed by atoms with van der Waals surface area (Å²) in [6, 6.07) is -0.935. The molecule has 9 N–H and O–H groups in total. The van der Waals surface area contributed by atoms with E-state index in [4.69, 9.17) is 18.9 Å². The third kappa shape index (κ3) is 46.7. The van der Waals surface area contributed by atoms with Crippen LogP contribution in [0.25, 0.3) is 0 Å². The van der Waals surface area contributed by atoms with Crippen LogP contribution in [-0.2, 0) is 23.7 Å². The summed E-state index contributed by atoms with van der Waals surface area (Å²) < 4.78 is 22.9.